The van der Waals surface area contributed by atoms with Crippen LogP contribution in [0.4, 0.5) is 4.79 Å². The molecule has 2 N–H and O–H groups in total. The maximum atomic E-state index is 12.8. The summed E-state index contributed by atoms with van der Waals surface area (Å²) in [6.45, 7) is 5.87. The molecule has 2 aromatic rings. The second-order valence-corrected chi connectivity index (χ2v) is 7.01. The van der Waals surface area contributed by atoms with Crippen molar-refractivity contribution in [3.63, 3.8) is 0 Å². The fourth-order valence-electron chi connectivity index (χ4n) is 3.11. The minimum Gasteiger partial charge on any atom is -0.489 e. The number of ether oxygens (including phenoxy) is 2. The normalized spacial score (nSPS) is 17.2. The van der Waals surface area contributed by atoms with E-state index < -0.39 is 12.0 Å². The fourth-order valence-corrected chi connectivity index (χ4v) is 3.11. The monoisotopic (exact) mass is 394 g/mol. The largest absolute Gasteiger partial charge is 0.489 e. The molecule has 0 saturated heterocycles. The first-order chi connectivity index (χ1) is 14.0. The minimum absolute atomic E-state index is 0.217. The molecule has 0 spiro atoms. The van der Waals surface area contributed by atoms with Crippen LogP contribution in [0.2, 0.25) is 0 Å². The lowest BCUT2D eigenvalue weighted by molar-refractivity contribution is -0.144. The van der Waals surface area contributed by atoms with Crippen molar-refractivity contribution in [2.24, 2.45) is 0 Å². The molecule has 29 heavy (non-hydrogen) atoms. The first kappa shape index (κ1) is 20.5. The lowest BCUT2D eigenvalue weighted by atomic mass is 9.94. The summed E-state index contributed by atoms with van der Waals surface area (Å²) in [4.78, 5) is 25.0. The summed E-state index contributed by atoms with van der Waals surface area (Å²) in [6, 6.07) is 16.2. The molecule has 2 amide bonds. The zero-order valence-electron chi connectivity index (χ0n) is 16.9. The molecule has 0 aliphatic carbocycles. The van der Waals surface area contributed by atoms with Gasteiger partial charge in [0.25, 0.3) is 0 Å². The quantitative estimate of drug-likeness (QED) is 0.689. The van der Waals surface area contributed by atoms with Gasteiger partial charge < -0.3 is 20.1 Å². The van der Waals surface area contributed by atoms with Crippen molar-refractivity contribution in [2.75, 3.05) is 0 Å². The van der Waals surface area contributed by atoms with Crippen LogP contribution in [0.25, 0.3) is 0 Å². The number of rotatable bonds is 7. The molecule has 152 valence electrons. The number of hydrogen-bond acceptors (Lipinski definition) is 4. The van der Waals surface area contributed by atoms with Gasteiger partial charge in [0.1, 0.15) is 12.4 Å². The predicted octanol–water partition coefficient (Wildman–Crippen LogP) is 4.24. The molecule has 1 aliphatic rings. The van der Waals surface area contributed by atoms with Crippen LogP contribution in [0.5, 0.6) is 5.75 Å². The maximum absolute atomic E-state index is 12.8. The number of carbonyl (C=O) groups excluding carboxylic acids is 2. The van der Waals surface area contributed by atoms with Gasteiger partial charge in [-0.05, 0) is 31.9 Å². The number of benzene rings is 2. The Balaban J connectivity index is 1.91. The molecule has 2 unspecified atom stereocenters. The highest BCUT2D eigenvalue weighted by Gasteiger charge is 2.34. The van der Waals surface area contributed by atoms with Gasteiger partial charge in [0.2, 0.25) is 0 Å². The van der Waals surface area contributed by atoms with Crippen LogP contribution in [-0.2, 0) is 16.1 Å². The highest BCUT2D eigenvalue weighted by Crippen LogP contribution is 2.34. The topological polar surface area (TPSA) is 76.7 Å². The van der Waals surface area contributed by atoms with Crippen molar-refractivity contribution < 1.29 is 19.1 Å². The standard InChI is InChI=1S/C23H26N2O4/c1-4-15(2)29-22(26)20-16(3)24-23(27)25-21(20)18-12-8-9-13-19(18)28-14-17-10-6-5-7-11-17/h5-13,15,21H,4,14H2,1-3H3,(H2,24,25,27). The van der Waals surface area contributed by atoms with E-state index >= 15 is 0 Å². The summed E-state index contributed by atoms with van der Waals surface area (Å²) in [5, 5.41) is 5.50. The van der Waals surface area contributed by atoms with E-state index in [1.165, 1.54) is 0 Å². The van der Waals surface area contributed by atoms with Gasteiger partial charge in [0, 0.05) is 11.3 Å². The van der Waals surface area contributed by atoms with Crippen LogP contribution in [0.15, 0.2) is 65.9 Å². The Kier molecular flexibility index (Phi) is 6.54. The number of esters is 1. The summed E-state index contributed by atoms with van der Waals surface area (Å²) in [5.41, 5.74) is 2.58. The van der Waals surface area contributed by atoms with Crippen LogP contribution in [-0.4, -0.2) is 18.1 Å². The number of nitrogens with one attached hydrogen (secondary N) is 2. The number of hydrogen-bond donors (Lipinski definition) is 2. The highest BCUT2D eigenvalue weighted by atomic mass is 16.5. The van der Waals surface area contributed by atoms with Crippen LogP contribution in [0.3, 0.4) is 0 Å². The second-order valence-electron chi connectivity index (χ2n) is 7.01. The van der Waals surface area contributed by atoms with E-state index in [2.05, 4.69) is 10.6 Å². The van der Waals surface area contributed by atoms with Gasteiger partial charge in [-0.2, -0.15) is 0 Å². The molecule has 0 saturated carbocycles. The maximum Gasteiger partial charge on any atom is 0.338 e. The SMILES string of the molecule is CCC(C)OC(=O)C1=C(C)NC(=O)NC1c1ccccc1OCc1ccccc1. The number of amides is 2. The molecule has 0 aromatic heterocycles. The zero-order chi connectivity index (χ0) is 20.8. The van der Waals surface area contributed by atoms with E-state index in [0.29, 0.717) is 35.6 Å². The Morgan fingerprint density at radius 1 is 1.10 bits per heavy atom. The van der Waals surface area contributed by atoms with E-state index in [1.807, 2.05) is 68.4 Å². The fraction of sp³-hybridized carbons (Fsp3) is 0.304. The van der Waals surface area contributed by atoms with Crippen molar-refractivity contribution in [3.05, 3.63) is 77.0 Å². The van der Waals surface area contributed by atoms with Gasteiger partial charge >= 0.3 is 12.0 Å². The number of carbonyl (C=O) groups is 2. The van der Waals surface area contributed by atoms with Gasteiger partial charge in [-0.25, -0.2) is 9.59 Å². The minimum atomic E-state index is -0.660. The number of para-hydroxylation sites is 1. The number of allylic oxidation sites excluding steroid dienone is 1. The summed E-state index contributed by atoms with van der Waals surface area (Å²) in [5.74, 6) is 0.150. The molecule has 6 nitrogen and oxygen atoms in total. The van der Waals surface area contributed by atoms with Gasteiger partial charge in [0.05, 0.1) is 17.7 Å². The molecule has 0 bridgehead atoms. The average molecular weight is 394 g/mol. The van der Waals surface area contributed by atoms with Crippen LogP contribution in [0.1, 0.15) is 44.4 Å². The van der Waals surface area contributed by atoms with Crippen molar-refractivity contribution in [1.29, 1.82) is 0 Å². The van der Waals surface area contributed by atoms with E-state index in [9.17, 15) is 9.59 Å². The first-order valence-electron chi connectivity index (χ1n) is 9.74. The lowest BCUT2D eigenvalue weighted by Crippen LogP contribution is -2.45. The molecule has 2 atom stereocenters. The van der Waals surface area contributed by atoms with Crippen molar-refractivity contribution >= 4 is 12.0 Å². The molecule has 2 aromatic carbocycles. The summed E-state index contributed by atoms with van der Waals surface area (Å²) < 4.78 is 11.6. The molecule has 1 aliphatic heterocycles. The van der Waals surface area contributed by atoms with Crippen LogP contribution < -0.4 is 15.4 Å². The van der Waals surface area contributed by atoms with Gasteiger partial charge in [-0.1, -0.05) is 55.5 Å². The molecule has 1 heterocycles. The van der Waals surface area contributed by atoms with Crippen LogP contribution in [0, 0.1) is 0 Å². The number of urea groups is 1. The predicted molar refractivity (Wildman–Crippen MR) is 110 cm³/mol. The Morgan fingerprint density at radius 2 is 1.79 bits per heavy atom. The van der Waals surface area contributed by atoms with Crippen molar-refractivity contribution in [2.45, 2.75) is 45.9 Å². The third-order valence-electron chi connectivity index (χ3n) is 4.84. The van der Waals surface area contributed by atoms with E-state index in [4.69, 9.17) is 9.47 Å². The van der Waals surface area contributed by atoms with Gasteiger partial charge in [-0.15, -0.1) is 0 Å². The first-order valence-corrected chi connectivity index (χ1v) is 9.74. The van der Waals surface area contributed by atoms with Crippen molar-refractivity contribution in [1.82, 2.24) is 10.6 Å². The molecular formula is C23H26N2O4. The van der Waals surface area contributed by atoms with Crippen molar-refractivity contribution in [3.8, 4) is 5.75 Å². The third kappa shape index (κ3) is 4.96. The summed E-state index contributed by atoms with van der Waals surface area (Å²) in [7, 11) is 0. The summed E-state index contributed by atoms with van der Waals surface area (Å²) >= 11 is 0. The zero-order valence-corrected chi connectivity index (χ0v) is 16.9. The third-order valence-corrected chi connectivity index (χ3v) is 4.84. The molecular weight excluding hydrogens is 368 g/mol. The summed E-state index contributed by atoms with van der Waals surface area (Å²) in [6.07, 6.45) is 0.491. The highest BCUT2D eigenvalue weighted by molar-refractivity contribution is 5.95. The van der Waals surface area contributed by atoms with E-state index in [1.54, 1.807) is 6.92 Å². The smallest absolute Gasteiger partial charge is 0.338 e. The van der Waals surface area contributed by atoms with E-state index in [-0.39, 0.29) is 12.1 Å². The molecule has 6 heteroatoms. The molecule has 0 fully saturated rings. The Bertz CT molecular complexity index is 908. The van der Waals surface area contributed by atoms with Gasteiger partial charge in [-0.3, -0.25) is 0 Å². The molecule has 3 rings (SSSR count). The Morgan fingerprint density at radius 3 is 2.52 bits per heavy atom. The lowest BCUT2D eigenvalue weighted by Gasteiger charge is -2.29. The second kappa shape index (κ2) is 9.28. The van der Waals surface area contributed by atoms with E-state index in [0.717, 1.165) is 5.56 Å². The Hall–Kier alpha value is -3.28. The van der Waals surface area contributed by atoms with Gasteiger partial charge in [0.15, 0.2) is 0 Å². The average Bonchev–Trinajstić information content (AvgIpc) is 2.72. The molecule has 0 radical (unpaired) electrons. The van der Waals surface area contributed by atoms with Crippen LogP contribution >= 0.6 is 0 Å². The Labute approximate surface area is 170 Å².